The first-order valence-corrected chi connectivity index (χ1v) is 13.8. The first-order valence-electron chi connectivity index (χ1n) is 12.1. The number of rotatable bonds is 13. The number of aryl methyl sites for hydroxylation is 1. The molecule has 4 rings (SSSR count). The van der Waals surface area contributed by atoms with E-state index in [1.165, 1.54) is 0 Å². The van der Waals surface area contributed by atoms with E-state index in [1.807, 2.05) is 73.7 Å². The molecule has 38 heavy (non-hydrogen) atoms. The number of hydrogen-bond donors (Lipinski definition) is 2. The lowest BCUT2D eigenvalue weighted by Crippen LogP contribution is -2.20. The van der Waals surface area contributed by atoms with Crippen LogP contribution in [0.2, 0.25) is 0 Å². The highest BCUT2D eigenvalue weighted by Crippen LogP contribution is 2.36. The van der Waals surface area contributed by atoms with Crippen molar-refractivity contribution in [2.75, 3.05) is 31.3 Å². The van der Waals surface area contributed by atoms with E-state index in [0.717, 1.165) is 50.8 Å². The Bertz CT molecular complexity index is 1330. The number of para-hydroxylation sites is 1. The monoisotopic (exact) mass is 596 g/mol. The number of ether oxygens (including phenoxy) is 2. The number of nitrogens with one attached hydrogen (secondary N) is 2. The molecule has 3 aromatic carbocycles. The van der Waals surface area contributed by atoms with Crippen molar-refractivity contribution in [2.24, 2.45) is 0 Å². The van der Waals surface area contributed by atoms with Gasteiger partial charge in [-0.25, -0.2) is 0 Å². The molecule has 0 saturated heterocycles. The summed E-state index contributed by atoms with van der Waals surface area (Å²) in [4.78, 5) is 12.3. The first-order chi connectivity index (χ1) is 18.5. The molecule has 1 amide bonds. The van der Waals surface area contributed by atoms with Gasteiger partial charge < -0.3 is 20.1 Å². The number of thioether (sulfide) groups is 1. The third-order valence-electron chi connectivity index (χ3n) is 5.47. The number of aromatic nitrogens is 4. The number of anilines is 1. The summed E-state index contributed by atoms with van der Waals surface area (Å²) in [5.41, 5.74) is 3.83. The number of methoxy groups -OCH3 is 1. The van der Waals surface area contributed by atoms with Crippen LogP contribution >= 0.6 is 27.7 Å². The number of halogens is 1. The highest BCUT2D eigenvalue weighted by atomic mass is 79.9. The molecule has 0 saturated carbocycles. The predicted molar refractivity (Wildman–Crippen MR) is 152 cm³/mol. The quantitative estimate of drug-likeness (QED) is 0.164. The Hall–Kier alpha value is -3.41. The van der Waals surface area contributed by atoms with Crippen molar-refractivity contribution >= 4 is 39.3 Å². The van der Waals surface area contributed by atoms with Gasteiger partial charge in [0.2, 0.25) is 5.16 Å². The molecule has 0 fully saturated rings. The van der Waals surface area contributed by atoms with E-state index in [2.05, 4.69) is 42.1 Å². The third-order valence-corrected chi connectivity index (χ3v) is 7.07. The second-order valence-electron chi connectivity index (χ2n) is 8.40. The van der Waals surface area contributed by atoms with E-state index in [0.29, 0.717) is 18.0 Å². The largest absolute Gasteiger partial charge is 0.493 e. The maximum Gasteiger partial charge on any atom is 0.262 e. The Morgan fingerprint density at radius 2 is 1.89 bits per heavy atom. The van der Waals surface area contributed by atoms with Gasteiger partial charge >= 0.3 is 0 Å². The number of amides is 1. The fourth-order valence-electron chi connectivity index (χ4n) is 3.58. The van der Waals surface area contributed by atoms with Gasteiger partial charge in [0.15, 0.2) is 18.1 Å². The lowest BCUT2D eigenvalue weighted by atomic mass is 10.2. The van der Waals surface area contributed by atoms with Gasteiger partial charge in [-0.15, -0.1) is 5.10 Å². The molecular weight excluding hydrogens is 568 g/mol. The molecule has 1 heterocycles. The number of tetrazole rings is 1. The SMILES string of the molecule is COc1cc(CNCCCSc2nnnn2-c2ccccc2)cc(Br)c1OCC(=O)Nc1ccc(C)cc1. The van der Waals surface area contributed by atoms with Gasteiger partial charge in [-0.3, -0.25) is 4.79 Å². The molecule has 0 unspecified atom stereocenters. The Morgan fingerprint density at radius 3 is 2.66 bits per heavy atom. The van der Waals surface area contributed by atoms with Crippen molar-refractivity contribution in [2.45, 2.75) is 25.0 Å². The van der Waals surface area contributed by atoms with Gasteiger partial charge in [0, 0.05) is 18.0 Å². The lowest BCUT2D eigenvalue weighted by Gasteiger charge is -2.15. The first kappa shape index (κ1) is 27.6. The Balaban J connectivity index is 1.22. The van der Waals surface area contributed by atoms with Gasteiger partial charge in [0.1, 0.15) is 0 Å². The van der Waals surface area contributed by atoms with Gasteiger partial charge in [-0.2, -0.15) is 4.68 Å². The van der Waals surface area contributed by atoms with E-state index in [9.17, 15) is 4.79 Å². The highest BCUT2D eigenvalue weighted by molar-refractivity contribution is 9.10. The molecule has 0 aliphatic heterocycles. The summed E-state index contributed by atoms with van der Waals surface area (Å²) in [5, 5.41) is 19.1. The fraction of sp³-hybridized carbons (Fsp3) is 0.259. The molecule has 0 aliphatic carbocycles. The van der Waals surface area contributed by atoms with Crippen LogP contribution in [0.5, 0.6) is 11.5 Å². The van der Waals surface area contributed by atoms with E-state index >= 15 is 0 Å². The molecule has 0 spiro atoms. The van der Waals surface area contributed by atoms with Crippen LogP contribution in [0.25, 0.3) is 5.69 Å². The Labute approximate surface area is 234 Å². The zero-order valence-electron chi connectivity index (χ0n) is 21.2. The summed E-state index contributed by atoms with van der Waals surface area (Å²) in [7, 11) is 1.58. The highest BCUT2D eigenvalue weighted by Gasteiger charge is 2.14. The van der Waals surface area contributed by atoms with Crippen molar-refractivity contribution in [1.82, 2.24) is 25.5 Å². The minimum absolute atomic E-state index is 0.133. The normalized spacial score (nSPS) is 10.8. The average Bonchev–Trinajstić information content (AvgIpc) is 3.40. The molecule has 2 N–H and O–H groups in total. The van der Waals surface area contributed by atoms with E-state index < -0.39 is 0 Å². The Kier molecular flexibility index (Phi) is 10.1. The van der Waals surface area contributed by atoms with Gasteiger partial charge in [0.25, 0.3) is 5.91 Å². The van der Waals surface area contributed by atoms with Crippen LogP contribution in [0.15, 0.2) is 76.4 Å². The van der Waals surface area contributed by atoms with Crippen LogP contribution in [0.4, 0.5) is 5.69 Å². The number of carbonyl (C=O) groups is 1. The van der Waals surface area contributed by atoms with Crippen molar-refractivity contribution in [3.8, 4) is 17.2 Å². The van der Waals surface area contributed by atoms with Crippen LogP contribution in [0, 0.1) is 6.92 Å². The van der Waals surface area contributed by atoms with E-state index in [1.54, 1.807) is 23.6 Å². The van der Waals surface area contributed by atoms with Gasteiger partial charge in [-0.1, -0.05) is 47.7 Å². The maximum atomic E-state index is 12.3. The molecule has 9 nitrogen and oxygen atoms in total. The molecule has 4 aromatic rings. The maximum absolute atomic E-state index is 12.3. The van der Waals surface area contributed by atoms with Crippen molar-refractivity contribution in [3.63, 3.8) is 0 Å². The number of hydrogen-bond acceptors (Lipinski definition) is 8. The average molecular weight is 598 g/mol. The fourth-order valence-corrected chi connectivity index (χ4v) is 5.01. The topological polar surface area (TPSA) is 103 Å². The predicted octanol–water partition coefficient (Wildman–Crippen LogP) is 5.03. The second kappa shape index (κ2) is 13.9. The third kappa shape index (κ3) is 7.80. The summed E-state index contributed by atoms with van der Waals surface area (Å²) in [5.74, 6) is 1.68. The smallest absolute Gasteiger partial charge is 0.262 e. The molecule has 198 valence electrons. The molecule has 1 aromatic heterocycles. The molecule has 0 aliphatic rings. The zero-order chi connectivity index (χ0) is 26.7. The van der Waals surface area contributed by atoms with Crippen molar-refractivity contribution in [1.29, 1.82) is 0 Å². The van der Waals surface area contributed by atoms with Gasteiger partial charge in [-0.05, 0) is 88.2 Å². The van der Waals surface area contributed by atoms with Crippen LogP contribution in [-0.4, -0.2) is 52.1 Å². The zero-order valence-corrected chi connectivity index (χ0v) is 23.6. The van der Waals surface area contributed by atoms with E-state index in [-0.39, 0.29) is 12.5 Å². The van der Waals surface area contributed by atoms with E-state index in [4.69, 9.17) is 9.47 Å². The standard InChI is InChI=1S/C27H29BrN6O3S/c1-19-9-11-21(12-10-19)30-25(35)18-37-26-23(28)15-20(16-24(26)36-2)17-29-13-6-14-38-27-31-32-33-34(27)22-7-4-3-5-8-22/h3-5,7-12,15-16,29H,6,13-14,17-18H2,1-2H3,(H,30,35). The summed E-state index contributed by atoms with van der Waals surface area (Å²) < 4.78 is 13.8. The summed E-state index contributed by atoms with van der Waals surface area (Å²) in [6.07, 6.45) is 0.946. The minimum Gasteiger partial charge on any atom is -0.493 e. The van der Waals surface area contributed by atoms with Crippen LogP contribution in [0.3, 0.4) is 0 Å². The van der Waals surface area contributed by atoms with Crippen LogP contribution < -0.4 is 20.1 Å². The lowest BCUT2D eigenvalue weighted by molar-refractivity contribution is -0.118. The minimum atomic E-state index is -0.246. The molecule has 0 radical (unpaired) electrons. The number of nitrogens with zero attached hydrogens (tertiary/aromatic N) is 4. The molecule has 0 atom stereocenters. The van der Waals surface area contributed by atoms with Crippen molar-refractivity contribution < 1.29 is 14.3 Å². The van der Waals surface area contributed by atoms with Crippen molar-refractivity contribution in [3.05, 3.63) is 82.3 Å². The van der Waals surface area contributed by atoms with Crippen LogP contribution in [-0.2, 0) is 11.3 Å². The van der Waals surface area contributed by atoms with Crippen LogP contribution in [0.1, 0.15) is 17.5 Å². The molecular formula is C27H29BrN6O3S. The van der Waals surface area contributed by atoms with Gasteiger partial charge in [0.05, 0.1) is 17.3 Å². The number of carbonyl (C=O) groups excluding carboxylic acids is 1. The number of benzene rings is 3. The molecule has 11 heteroatoms. The summed E-state index contributed by atoms with van der Waals surface area (Å²) >= 11 is 5.18. The molecule has 0 bridgehead atoms. The Morgan fingerprint density at radius 1 is 1.11 bits per heavy atom. The summed E-state index contributed by atoms with van der Waals surface area (Å²) in [6.45, 7) is 3.36. The summed E-state index contributed by atoms with van der Waals surface area (Å²) in [6, 6.07) is 21.3. The second-order valence-corrected chi connectivity index (χ2v) is 10.3.